The van der Waals surface area contributed by atoms with Crippen LogP contribution in [0.3, 0.4) is 0 Å². The molecule has 0 fully saturated rings. The highest BCUT2D eigenvalue weighted by Crippen LogP contribution is 2.26. The van der Waals surface area contributed by atoms with E-state index in [0.29, 0.717) is 11.1 Å². The molecule has 2 aromatic carbocycles. The van der Waals surface area contributed by atoms with Gasteiger partial charge in [-0.15, -0.1) is 0 Å². The lowest BCUT2D eigenvalue weighted by molar-refractivity contribution is 0.0996. The van der Waals surface area contributed by atoms with Crippen LogP contribution < -0.4 is 10.5 Å². The molecule has 0 spiro atoms. The minimum absolute atomic E-state index is 0.00425. The van der Waals surface area contributed by atoms with Crippen molar-refractivity contribution >= 4 is 5.91 Å². The minimum atomic E-state index is -0.799. The van der Waals surface area contributed by atoms with Crippen molar-refractivity contribution in [1.29, 1.82) is 0 Å². The van der Waals surface area contributed by atoms with Crippen molar-refractivity contribution in [3.05, 3.63) is 65.4 Å². The van der Waals surface area contributed by atoms with Gasteiger partial charge in [0.15, 0.2) is 17.3 Å². The summed E-state index contributed by atoms with van der Waals surface area (Å²) in [5, 5.41) is 10.0. The van der Waals surface area contributed by atoms with Gasteiger partial charge in [0.25, 0.3) is 5.91 Å². The first-order valence-electron chi connectivity index (χ1n) is 6.93. The van der Waals surface area contributed by atoms with Gasteiger partial charge in [0, 0.05) is 11.6 Å². The van der Waals surface area contributed by atoms with Crippen LogP contribution in [-0.4, -0.2) is 21.3 Å². The maximum atomic E-state index is 13.6. The fourth-order valence-electron chi connectivity index (χ4n) is 2.22. The third kappa shape index (κ3) is 3.07. The number of H-pyrrole nitrogens is 1. The van der Waals surface area contributed by atoms with E-state index in [2.05, 4.69) is 15.4 Å². The number of nitrogens with one attached hydrogen (secondary N) is 1. The number of hydrogen-bond donors (Lipinski definition) is 2. The summed E-state index contributed by atoms with van der Waals surface area (Å²) in [4.78, 5) is 11.4. The molecule has 0 atom stereocenters. The SMILES string of the molecule is NC(=O)c1n[nH]nc1-c1ccccc1COc1ccc(F)cc1F. The van der Waals surface area contributed by atoms with Crippen molar-refractivity contribution in [2.24, 2.45) is 5.73 Å². The molecule has 24 heavy (non-hydrogen) atoms. The van der Waals surface area contributed by atoms with E-state index in [1.165, 1.54) is 6.07 Å². The second-order valence-corrected chi connectivity index (χ2v) is 4.91. The lowest BCUT2D eigenvalue weighted by atomic mass is 10.0. The van der Waals surface area contributed by atoms with Crippen molar-refractivity contribution in [2.45, 2.75) is 6.61 Å². The second kappa shape index (κ2) is 6.45. The number of ether oxygens (including phenoxy) is 1. The predicted molar refractivity (Wildman–Crippen MR) is 81.0 cm³/mol. The van der Waals surface area contributed by atoms with Crippen LogP contribution in [0.5, 0.6) is 5.75 Å². The van der Waals surface area contributed by atoms with Gasteiger partial charge in [-0.25, -0.2) is 8.78 Å². The van der Waals surface area contributed by atoms with Gasteiger partial charge in [0.05, 0.1) is 0 Å². The Morgan fingerprint density at radius 1 is 1.17 bits per heavy atom. The van der Waals surface area contributed by atoms with Crippen LogP contribution in [0.15, 0.2) is 42.5 Å². The van der Waals surface area contributed by atoms with Gasteiger partial charge in [-0.1, -0.05) is 24.3 Å². The number of aromatic amines is 1. The highest BCUT2D eigenvalue weighted by atomic mass is 19.1. The minimum Gasteiger partial charge on any atom is -0.486 e. The molecule has 0 bridgehead atoms. The smallest absolute Gasteiger partial charge is 0.271 e. The molecular weight excluding hydrogens is 318 g/mol. The Labute approximate surface area is 135 Å². The molecule has 0 aliphatic carbocycles. The van der Waals surface area contributed by atoms with Crippen LogP contribution in [0.2, 0.25) is 0 Å². The van der Waals surface area contributed by atoms with Crippen molar-refractivity contribution in [3.63, 3.8) is 0 Å². The van der Waals surface area contributed by atoms with Crippen molar-refractivity contribution in [3.8, 4) is 17.0 Å². The molecule has 1 heterocycles. The van der Waals surface area contributed by atoms with Crippen molar-refractivity contribution in [1.82, 2.24) is 15.4 Å². The lowest BCUT2D eigenvalue weighted by Crippen LogP contribution is -2.13. The fourth-order valence-corrected chi connectivity index (χ4v) is 2.22. The number of carbonyl (C=O) groups excluding carboxylic acids is 1. The molecule has 0 aliphatic heterocycles. The molecule has 0 unspecified atom stereocenters. The Kier molecular flexibility index (Phi) is 4.19. The molecule has 0 radical (unpaired) electrons. The number of hydrogen-bond acceptors (Lipinski definition) is 4. The van der Waals surface area contributed by atoms with E-state index in [1.54, 1.807) is 24.3 Å². The first kappa shape index (κ1) is 15.6. The molecule has 0 saturated heterocycles. The molecule has 122 valence electrons. The zero-order valence-corrected chi connectivity index (χ0v) is 12.3. The summed E-state index contributed by atoms with van der Waals surface area (Å²) in [7, 11) is 0. The van der Waals surface area contributed by atoms with Gasteiger partial charge in [-0.05, 0) is 17.7 Å². The normalized spacial score (nSPS) is 10.6. The third-order valence-corrected chi connectivity index (χ3v) is 3.33. The Balaban J connectivity index is 1.90. The van der Waals surface area contributed by atoms with Gasteiger partial charge in [0.2, 0.25) is 0 Å². The molecule has 3 rings (SSSR count). The van der Waals surface area contributed by atoms with E-state index in [-0.39, 0.29) is 23.7 Å². The van der Waals surface area contributed by atoms with Gasteiger partial charge < -0.3 is 10.5 Å². The van der Waals surface area contributed by atoms with Crippen LogP contribution in [0.25, 0.3) is 11.3 Å². The number of halogens is 2. The molecule has 3 aromatic rings. The van der Waals surface area contributed by atoms with Crippen molar-refractivity contribution < 1.29 is 18.3 Å². The summed E-state index contributed by atoms with van der Waals surface area (Å²) in [5.41, 5.74) is 6.75. The Bertz CT molecular complexity index is 895. The first-order chi connectivity index (χ1) is 11.6. The zero-order chi connectivity index (χ0) is 17.1. The number of nitrogens with two attached hydrogens (primary N) is 1. The monoisotopic (exact) mass is 330 g/mol. The zero-order valence-electron chi connectivity index (χ0n) is 12.3. The average molecular weight is 330 g/mol. The van der Waals surface area contributed by atoms with E-state index in [1.807, 2.05) is 0 Å². The standard InChI is InChI=1S/C16H12F2N4O2/c17-10-5-6-13(12(18)7-10)24-8-9-3-1-2-4-11(9)14-15(16(19)23)21-22-20-14/h1-7H,8H2,(H2,19,23)(H,20,21,22). The summed E-state index contributed by atoms with van der Waals surface area (Å²) in [6.07, 6.45) is 0. The van der Waals surface area contributed by atoms with Crippen LogP contribution in [0.1, 0.15) is 16.1 Å². The Morgan fingerprint density at radius 2 is 1.96 bits per heavy atom. The van der Waals surface area contributed by atoms with E-state index in [0.717, 1.165) is 12.1 Å². The summed E-state index contributed by atoms with van der Waals surface area (Å²) in [5.74, 6) is -2.29. The van der Waals surface area contributed by atoms with E-state index < -0.39 is 17.5 Å². The Morgan fingerprint density at radius 3 is 2.71 bits per heavy atom. The Hall–Kier alpha value is -3.29. The van der Waals surface area contributed by atoms with Gasteiger partial charge in [-0.2, -0.15) is 15.4 Å². The largest absolute Gasteiger partial charge is 0.486 e. The molecule has 1 aromatic heterocycles. The summed E-state index contributed by atoms with van der Waals surface area (Å²) in [6.45, 7) is -0.0101. The van der Waals surface area contributed by atoms with E-state index in [4.69, 9.17) is 10.5 Å². The maximum absolute atomic E-state index is 13.6. The lowest BCUT2D eigenvalue weighted by Gasteiger charge is -2.10. The molecule has 1 amide bonds. The predicted octanol–water partition coefficient (Wildman–Crippen LogP) is 2.43. The third-order valence-electron chi connectivity index (χ3n) is 3.33. The summed E-state index contributed by atoms with van der Waals surface area (Å²) in [6, 6.07) is 10.00. The summed E-state index contributed by atoms with van der Waals surface area (Å²) < 4.78 is 32.0. The van der Waals surface area contributed by atoms with E-state index in [9.17, 15) is 13.6 Å². The average Bonchev–Trinajstić information content (AvgIpc) is 3.04. The van der Waals surface area contributed by atoms with Crippen LogP contribution in [-0.2, 0) is 6.61 Å². The number of aromatic nitrogens is 3. The number of rotatable bonds is 5. The van der Waals surface area contributed by atoms with Crippen LogP contribution in [0, 0.1) is 11.6 Å². The number of carbonyl (C=O) groups is 1. The second-order valence-electron chi connectivity index (χ2n) is 4.91. The maximum Gasteiger partial charge on any atom is 0.271 e. The van der Waals surface area contributed by atoms with Crippen molar-refractivity contribution in [2.75, 3.05) is 0 Å². The molecule has 0 saturated carbocycles. The number of benzene rings is 2. The molecule has 8 heteroatoms. The van der Waals surface area contributed by atoms with E-state index >= 15 is 0 Å². The topological polar surface area (TPSA) is 93.9 Å². The molecular formula is C16H12F2N4O2. The van der Waals surface area contributed by atoms with Gasteiger partial charge in [-0.3, -0.25) is 4.79 Å². The van der Waals surface area contributed by atoms with Crippen LogP contribution >= 0.6 is 0 Å². The molecule has 0 aliphatic rings. The highest BCUT2D eigenvalue weighted by molar-refractivity contribution is 5.97. The number of primary amides is 1. The first-order valence-corrected chi connectivity index (χ1v) is 6.93. The van der Waals surface area contributed by atoms with Gasteiger partial charge >= 0.3 is 0 Å². The molecule has 3 N–H and O–H groups in total. The summed E-state index contributed by atoms with van der Waals surface area (Å²) >= 11 is 0. The fraction of sp³-hybridized carbons (Fsp3) is 0.0625. The number of amides is 1. The number of nitrogens with zero attached hydrogens (tertiary/aromatic N) is 2. The highest BCUT2D eigenvalue weighted by Gasteiger charge is 2.18. The van der Waals surface area contributed by atoms with Gasteiger partial charge in [0.1, 0.15) is 18.1 Å². The molecule has 6 nitrogen and oxygen atoms in total. The quantitative estimate of drug-likeness (QED) is 0.751. The van der Waals surface area contributed by atoms with Crippen LogP contribution in [0.4, 0.5) is 8.78 Å².